The third kappa shape index (κ3) is 4.80. The summed E-state index contributed by atoms with van der Waals surface area (Å²) in [6.45, 7) is 6.20. The molecule has 26 heavy (non-hydrogen) atoms. The number of aromatic nitrogens is 1. The molecule has 6 heteroatoms. The predicted octanol–water partition coefficient (Wildman–Crippen LogP) is 3.86. The van der Waals surface area contributed by atoms with E-state index in [1.165, 1.54) is 19.3 Å². The molecule has 0 bridgehead atoms. The van der Waals surface area contributed by atoms with Gasteiger partial charge in [-0.15, -0.1) is 0 Å². The smallest absolute Gasteiger partial charge is 0.410 e. The molecule has 1 spiro atoms. The first kappa shape index (κ1) is 18.8. The molecule has 2 heterocycles. The lowest BCUT2D eigenvalue weighted by Crippen LogP contribution is -2.49. The lowest BCUT2D eigenvalue weighted by molar-refractivity contribution is -0.0203. The minimum Gasteiger partial charge on any atom is -0.492 e. The number of hydrogen-bond donors (Lipinski definition) is 1. The van der Waals surface area contributed by atoms with E-state index < -0.39 is 0 Å². The fourth-order valence-electron chi connectivity index (χ4n) is 4.26. The SMILES string of the molecule is CC(C)OC(=O)N1CCC2(CC1)CC(CCCOc1ccc(N)nc1)C2. The van der Waals surface area contributed by atoms with E-state index in [1.54, 1.807) is 12.3 Å². The predicted molar refractivity (Wildman–Crippen MR) is 101 cm³/mol. The highest BCUT2D eigenvalue weighted by Gasteiger charge is 2.45. The zero-order chi connectivity index (χ0) is 18.6. The number of ether oxygens (including phenoxy) is 2. The molecule has 1 saturated carbocycles. The second-order valence-corrected chi connectivity index (χ2v) is 8.10. The Bertz CT molecular complexity index is 587. The number of nitrogen functional groups attached to an aromatic ring is 1. The lowest BCUT2D eigenvalue weighted by atomic mass is 9.56. The highest BCUT2D eigenvalue weighted by atomic mass is 16.6. The summed E-state index contributed by atoms with van der Waals surface area (Å²) in [4.78, 5) is 17.9. The highest BCUT2D eigenvalue weighted by Crippen LogP contribution is 2.54. The van der Waals surface area contributed by atoms with Crippen molar-refractivity contribution in [2.24, 2.45) is 11.3 Å². The molecule has 1 amide bonds. The summed E-state index contributed by atoms with van der Waals surface area (Å²) in [6, 6.07) is 3.62. The van der Waals surface area contributed by atoms with Gasteiger partial charge in [-0.3, -0.25) is 0 Å². The summed E-state index contributed by atoms with van der Waals surface area (Å²) in [5, 5.41) is 0. The summed E-state index contributed by atoms with van der Waals surface area (Å²) in [6.07, 6.45) is 8.58. The van der Waals surface area contributed by atoms with Crippen LogP contribution >= 0.6 is 0 Å². The lowest BCUT2D eigenvalue weighted by Gasteiger charge is -2.52. The molecular formula is C20H31N3O3. The molecular weight excluding hydrogens is 330 g/mol. The van der Waals surface area contributed by atoms with E-state index in [1.807, 2.05) is 24.8 Å². The molecule has 1 saturated heterocycles. The number of likely N-dealkylation sites (tertiary alicyclic amines) is 1. The van der Waals surface area contributed by atoms with Gasteiger partial charge in [0.05, 0.1) is 18.9 Å². The number of nitrogens with two attached hydrogens (primary N) is 1. The molecule has 1 aliphatic carbocycles. The number of anilines is 1. The van der Waals surface area contributed by atoms with Crippen molar-refractivity contribution < 1.29 is 14.3 Å². The van der Waals surface area contributed by atoms with E-state index in [0.29, 0.717) is 11.2 Å². The Labute approximate surface area is 156 Å². The minimum absolute atomic E-state index is 0.0438. The summed E-state index contributed by atoms with van der Waals surface area (Å²) >= 11 is 0. The highest BCUT2D eigenvalue weighted by molar-refractivity contribution is 5.67. The van der Waals surface area contributed by atoms with Gasteiger partial charge < -0.3 is 20.1 Å². The fraction of sp³-hybridized carbons (Fsp3) is 0.700. The van der Waals surface area contributed by atoms with E-state index in [-0.39, 0.29) is 12.2 Å². The van der Waals surface area contributed by atoms with Crippen molar-refractivity contribution in [2.75, 3.05) is 25.4 Å². The van der Waals surface area contributed by atoms with Gasteiger partial charge >= 0.3 is 6.09 Å². The average molecular weight is 361 g/mol. The summed E-state index contributed by atoms with van der Waals surface area (Å²) in [5.74, 6) is 2.10. The maximum atomic E-state index is 12.0. The zero-order valence-corrected chi connectivity index (χ0v) is 15.9. The van der Waals surface area contributed by atoms with Crippen LogP contribution < -0.4 is 10.5 Å². The van der Waals surface area contributed by atoms with Crippen LogP contribution in [0, 0.1) is 11.3 Å². The number of rotatable bonds is 6. The van der Waals surface area contributed by atoms with Crippen molar-refractivity contribution in [3.05, 3.63) is 18.3 Å². The Kier molecular flexibility index (Phi) is 5.89. The van der Waals surface area contributed by atoms with Gasteiger partial charge in [-0.25, -0.2) is 9.78 Å². The number of piperidine rings is 1. The molecule has 0 atom stereocenters. The van der Waals surface area contributed by atoms with E-state index in [9.17, 15) is 4.79 Å². The van der Waals surface area contributed by atoms with Gasteiger partial charge in [-0.2, -0.15) is 0 Å². The summed E-state index contributed by atoms with van der Waals surface area (Å²) in [5.41, 5.74) is 6.04. The molecule has 1 aromatic rings. The van der Waals surface area contributed by atoms with Gasteiger partial charge in [0.15, 0.2) is 0 Å². The molecule has 2 aliphatic rings. The van der Waals surface area contributed by atoms with E-state index >= 15 is 0 Å². The van der Waals surface area contributed by atoms with Crippen LogP contribution in [0.1, 0.15) is 52.4 Å². The Morgan fingerprint density at radius 1 is 1.35 bits per heavy atom. The third-order valence-corrected chi connectivity index (χ3v) is 5.65. The molecule has 6 nitrogen and oxygen atoms in total. The Morgan fingerprint density at radius 3 is 2.69 bits per heavy atom. The van der Waals surface area contributed by atoms with Gasteiger partial charge in [0.1, 0.15) is 11.6 Å². The summed E-state index contributed by atoms with van der Waals surface area (Å²) < 4.78 is 11.0. The first-order chi connectivity index (χ1) is 12.5. The van der Waals surface area contributed by atoms with Crippen LogP contribution in [-0.2, 0) is 4.74 Å². The number of nitrogens with zero attached hydrogens (tertiary/aromatic N) is 2. The van der Waals surface area contributed by atoms with E-state index in [4.69, 9.17) is 15.2 Å². The molecule has 2 fully saturated rings. The topological polar surface area (TPSA) is 77.7 Å². The largest absolute Gasteiger partial charge is 0.492 e. The van der Waals surface area contributed by atoms with Gasteiger partial charge in [0.25, 0.3) is 0 Å². The number of amides is 1. The van der Waals surface area contributed by atoms with Crippen molar-refractivity contribution in [1.29, 1.82) is 0 Å². The van der Waals surface area contributed by atoms with Crippen molar-refractivity contribution in [2.45, 2.75) is 58.5 Å². The van der Waals surface area contributed by atoms with Gasteiger partial charge in [0.2, 0.25) is 0 Å². The zero-order valence-electron chi connectivity index (χ0n) is 15.9. The number of hydrogen-bond acceptors (Lipinski definition) is 5. The molecule has 0 aromatic carbocycles. The van der Waals surface area contributed by atoms with E-state index in [2.05, 4.69) is 4.98 Å². The Balaban J connectivity index is 1.30. The maximum Gasteiger partial charge on any atom is 0.410 e. The average Bonchev–Trinajstić information content (AvgIpc) is 2.58. The maximum absolute atomic E-state index is 12.0. The molecule has 3 rings (SSSR count). The first-order valence-corrected chi connectivity index (χ1v) is 9.76. The quantitative estimate of drug-likeness (QED) is 0.779. The molecule has 0 radical (unpaired) electrons. The Hall–Kier alpha value is -1.98. The van der Waals surface area contributed by atoms with Crippen LogP contribution in [0.3, 0.4) is 0 Å². The van der Waals surface area contributed by atoms with Crippen LogP contribution in [0.2, 0.25) is 0 Å². The molecule has 1 aliphatic heterocycles. The number of carbonyl (C=O) groups excluding carboxylic acids is 1. The van der Waals surface area contributed by atoms with Crippen molar-refractivity contribution >= 4 is 11.9 Å². The monoisotopic (exact) mass is 361 g/mol. The van der Waals surface area contributed by atoms with Crippen LogP contribution in [0.15, 0.2) is 18.3 Å². The van der Waals surface area contributed by atoms with Crippen molar-refractivity contribution in [3.63, 3.8) is 0 Å². The number of pyridine rings is 1. The van der Waals surface area contributed by atoms with Gasteiger partial charge in [-0.05, 0) is 75.8 Å². The van der Waals surface area contributed by atoms with Crippen molar-refractivity contribution in [1.82, 2.24) is 9.88 Å². The molecule has 2 N–H and O–H groups in total. The van der Waals surface area contributed by atoms with Crippen LogP contribution in [-0.4, -0.2) is 41.8 Å². The third-order valence-electron chi connectivity index (χ3n) is 5.65. The fourth-order valence-corrected chi connectivity index (χ4v) is 4.26. The van der Waals surface area contributed by atoms with Crippen LogP contribution in [0.5, 0.6) is 5.75 Å². The minimum atomic E-state index is -0.153. The normalized spacial score (nSPS) is 19.4. The first-order valence-electron chi connectivity index (χ1n) is 9.76. The summed E-state index contributed by atoms with van der Waals surface area (Å²) in [7, 11) is 0. The van der Waals surface area contributed by atoms with Crippen LogP contribution in [0.25, 0.3) is 0 Å². The Morgan fingerprint density at radius 2 is 2.08 bits per heavy atom. The van der Waals surface area contributed by atoms with Crippen molar-refractivity contribution in [3.8, 4) is 5.75 Å². The molecule has 1 aromatic heterocycles. The second kappa shape index (κ2) is 8.14. The van der Waals surface area contributed by atoms with Gasteiger partial charge in [0, 0.05) is 13.1 Å². The molecule has 0 unspecified atom stereocenters. The second-order valence-electron chi connectivity index (χ2n) is 8.10. The molecule has 144 valence electrons. The number of carbonyl (C=O) groups is 1. The van der Waals surface area contributed by atoms with E-state index in [0.717, 1.165) is 50.6 Å². The van der Waals surface area contributed by atoms with Crippen LogP contribution in [0.4, 0.5) is 10.6 Å². The van der Waals surface area contributed by atoms with Gasteiger partial charge in [-0.1, -0.05) is 0 Å². The standard InChI is InChI=1S/C20H31N3O3/c1-15(2)26-19(24)23-9-7-20(8-10-23)12-16(13-20)4-3-11-25-17-5-6-18(21)22-14-17/h5-6,14-16H,3-4,7-13H2,1-2H3,(H2,21,22).